The van der Waals surface area contributed by atoms with E-state index >= 15 is 0 Å². The lowest BCUT2D eigenvalue weighted by Gasteiger charge is -2.11. The minimum Gasteiger partial charge on any atom is -0.497 e. The summed E-state index contributed by atoms with van der Waals surface area (Å²) in [4.78, 5) is 17.1. The van der Waals surface area contributed by atoms with Crippen LogP contribution in [0, 0.1) is 0 Å². The van der Waals surface area contributed by atoms with Crippen molar-refractivity contribution in [3.8, 4) is 5.75 Å². The van der Waals surface area contributed by atoms with Crippen molar-refractivity contribution in [2.24, 2.45) is 0 Å². The molecule has 0 radical (unpaired) electrons. The predicted molar refractivity (Wildman–Crippen MR) is 132 cm³/mol. The van der Waals surface area contributed by atoms with E-state index in [0.717, 1.165) is 27.5 Å². The smallest absolute Gasteiger partial charge is 0.270 e. The lowest BCUT2D eigenvalue weighted by Crippen LogP contribution is -2.25. The summed E-state index contributed by atoms with van der Waals surface area (Å²) in [6.45, 7) is 0.358. The highest BCUT2D eigenvalue weighted by molar-refractivity contribution is 9.10. The molecule has 170 valence electrons. The Hall–Kier alpha value is -2.82. The minimum absolute atomic E-state index is 0.0231. The van der Waals surface area contributed by atoms with Gasteiger partial charge in [-0.15, -0.1) is 0 Å². The Balaban J connectivity index is 1.54. The van der Waals surface area contributed by atoms with Gasteiger partial charge in [-0.1, -0.05) is 52.0 Å². The second kappa shape index (κ2) is 9.98. The number of amides is 1. The average molecular weight is 546 g/mol. The first-order valence-corrected chi connectivity index (χ1v) is 13.1. The third-order valence-corrected chi connectivity index (χ3v) is 8.12. The molecule has 7 nitrogen and oxygen atoms in total. The first kappa shape index (κ1) is 23.3. The van der Waals surface area contributed by atoms with Gasteiger partial charge >= 0.3 is 0 Å². The Morgan fingerprint density at radius 3 is 2.45 bits per heavy atom. The van der Waals surface area contributed by atoms with Crippen molar-refractivity contribution >= 4 is 54.7 Å². The molecule has 0 saturated carbocycles. The van der Waals surface area contributed by atoms with Crippen molar-refractivity contribution in [1.29, 1.82) is 0 Å². The molecule has 3 aromatic carbocycles. The maximum absolute atomic E-state index is 13.4. The monoisotopic (exact) mass is 545 g/mol. The fourth-order valence-electron chi connectivity index (χ4n) is 3.14. The summed E-state index contributed by atoms with van der Waals surface area (Å²) in [5, 5.41) is 3.08. The molecule has 0 spiro atoms. The van der Waals surface area contributed by atoms with Gasteiger partial charge in [0.25, 0.3) is 10.0 Å². The van der Waals surface area contributed by atoms with Crippen LogP contribution in [0.1, 0.15) is 5.56 Å². The Kier molecular flexibility index (Phi) is 7.06. The molecule has 0 unspecified atom stereocenters. The molecule has 10 heteroatoms. The van der Waals surface area contributed by atoms with Gasteiger partial charge in [-0.2, -0.15) is 0 Å². The van der Waals surface area contributed by atoms with Gasteiger partial charge in [0, 0.05) is 11.0 Å². The van der Waals surface area contributed by atoms with Crippen LogP contribution >= 0.6 is 27.7 Å². The molecule has 0 bridgehead atoms. The summed E-state index contributed by atoms with van der Waals surface area (Å²) in [5.41, 5.74) is 1.93. The van der Waals surface area contributed by atoms with E-state index in [4.69, 9.17) is 4.74 Å². The van der Waals surface area contributed by atoms with Gasteiger partial charge in [-0.3, -0.25) is 4.79 Å². The Morgan fingerprint density at radius 1 is 1.06 bits per heavy atom. The average Bonchev–Trinajstić information content (AvgIpc) is 3.21. The molecule has 0 fully saturated rings. The van der Waals surface area contributed by atoms with Crippen molar-refractivity contribution in [3.05, 3.63) is 82.8 Å². The number of hydrogen-bond acceptors (Lipinski definition) is 6. The number of hydrogen-bond donors (Lipinski definition) is 1. The number of imidazole rings is 1. The number of fused-ring (bicyclic) bond motifs is 1. The van der Waals surface area contributed by atoms with Gasteiger partial charge in [0.05, 0.1) is 28.8 Å². The summed E-state index contributed by atoms with van der Waals surface area (Å²) in [6.07, 6.45) is 0. The standard InChI is InChI=1S/C23H20BrN3O4S2/c1-31-18-10-6-16(7-11-18)14-25-22(28)15-32-23-26-20-4-2-3-5-21(20)27(23)33(29,30)19-12-8-17(24)9-13-19/h2-13H,14-15H2,1H3,(H,25,28). The molecule has 1 aromatic heterocycles. The summed E-state index contributed by atoms with van der Waals surface area (Å²) < 4.78 is 34.0. The van der Waals surface area contributed by atoms with Crippen LogP contribution in [-0.2, 0) is 21.4 Å². The summed E-state index contributed by atoms with van der Waals surface area (Å²) >= 11 is 4.40. The zero-order valence-corrected chi connectivity index (χ0v) is 20.8. The van der Waals surface area contributed by atoms with Crippen LogP contribution in [0.5, 0.6) is 5.75 Å². The van der Waals surface area contributed by atoms with Gasteiger partial charge < -0.3 is 10.1 Å². The predicted octanol–water partition coefficient (Wildman–Crippen LogP) is 4.45. The van der Waals surface area contributed by atoms with E-state index in [2.05, 4.69) is 26.2 Å². The SMILES string of the molecule is COc1ccc(CNC(=O)CSc2nc3ccccc3n2S(=O)(=O)c2ccc(Br)cc2)cc1. The molecule has 1 heterocycles. The van der Waals surface area contributed by atoms with Crippen molar-refractivity contribution < 1.29 is 17.9 Å². The molecule has 1 amide bonds. The fraction of sp³-hybridized carbons (Fsp3) is 0.130. The third-order valence-electron chi connectivity index (χ3n) is 4.82. The van der Waals surface area contributed by atoms with Gasteiger partial charge in [0.15, 0.2) is 5.16 Å². The van der Waals surface area contributed by atoms with Gasteiger partial charge in [0.1, 0.15) is 5.75 Å². The largest absolute Gasteiger partial charge is 0.497 e. The molecule has 0 atom stereocenters. The fourth-order valence-corrected chi connectivity index (χ4v) is 5.95. The zero-order chi connectivity index (χ0) is 23.4. The first-order valence-electron chi connectivity index (χ1n) is 9.89. The second-order valence-corrected chi connectivity index (χ2v) is 10.7. The van der Waals surface area contributed by atoms with E-state index in [1.54, 1.807) is 43.5 Å². The van der Waals surface area contributed by atoms with Crippen LogP contribution in [0.2, 0.25) is 0 Å². The molecule has 1 N–H and O–H groups in total. The van der Waals surface area contributed by atoms with Gasteiger partial charge in [-0.25, -0.2) is 17.4 Å². The minimum atomic E-state index is -3.91. The van der Waals surface area contributed by atoms with Crippen LogP contribution in [0.15, 0.2) is 87.3 Å². The van der Waals surface area contributed by atoms with E-state index in [9.17, 15) is 13.2 Å². The topological polar surface area (TPSA) is 90.3 Å². The van der Waals surface area contributed by atoms with Crippen molar-refractivity contribution in [1.82, 2.24) is 14.3 Å². The van der Waals surface area contributed by atoms with Crippen molar-refractivity contribution in [3.63, 3.8) is 0 Å². The number of aromatic nitrogens is 2. The number of nitrogens with one attached hydrogen (secondary N) is 1. The Labute approximate surface area is 204 Å². The first-order chi connectivity index (χ1) is 15.9. The molecule has 4 rings (SSSR count). The highest BCUT2D eigenvalue weighted by atomic mass is 79.9. The number of benzene rings is 3. The van der Waals surface area contributed by atoms with Crippen LogP contribution in [-0.4, -0.2) is 36.1 Å². The molecular weight excluding hydrogens is 526 g/mol. The maximum Gasteiger partial charge on any atom is 0.270 e. The Bertz CT molecular complexity index is 1390. The quantitative estimate of drug-likeness (QED) is 0.329. The number of para-hydroxylation sites is 2. The van der Waals surface area contributed by atoms with Crippen LogP contribution in [0.25, 0.3) is 11.0 Å². The molecule has 33 heavy (non-hydrogen) atoms. The van der Waals surface area contributed by atoms with Gasteiger partial charge in [-0.05, 0) is 54.1 Å². The zero-order valence-electron chi connectivity index (χ0n) is 17.6. The summed E-state index contributed by atoms with van der Waals surface area (Å²) in [6, 6.07) is 20.8. The molecular formula is C23H20BrN3O4S2. The number of rotatable bonds is 8. The van der Waals surface area contributed by atoms with E-state index < -0.39 is 10.0 Å². The van der Waals surface area contributed by atoms with E-state index in [0.29, 0.717) is 17.6 Å². The molecule has 4 aromatic rings. The van der Waals surface area contributed by atoms with Crippen LogP contribution in [0.3, 0.4) is 0 Å². The maximum atomic E-state index is 13.4. The number of halogens is 1. The summed E-state index contributed by atoms with van der Waals surface area (Å²) in [5.74, 6) is 0.539. The van der Waals surface area contributed by atoms with E-state index in [-0.39, 0.29) is 21.7 Å². The number of methoxy groups -OCH3 is 1. The highest BCUT2D eigenvalue weighted by Crippen LogP contribution is 2.29. The third kappa shape index (κ3) is 5.23. The van der Waals surface area contributed by atoms with Crippen LogP contribution in [0.4, 0.5) is 0 Å². The number of thioether (sulfide) groups is 1. The number of ether oxygens (including phenoxy) is 1. The Morgan fingerprint density at radius 2 is 1.76 bits per heavy atom. The molecule has 0 aliphatic heterocycles. The van der Waals surface area contributed by atoms with Crippen molar-refractivity contribution in [2.45, 2.75) is 16.6 Å². The van der Waals surface area contributed by atoms with Crippen molar-refractivity contribution in [2.75, 3.05) is 12.9 Å². The van der Waals surface area contributed by atoms with Crippen LogP contribution < -0.4 is 10.1 Å². The number of nitrogens with zero attached hydrogens (tertiary/aromatic N) is 2. The lowest BCUT2D eigenvalue weighted by molar-refractivity contribution is -0.118. The second-order valence-electron chi connectivity index (χ2n) is 7.02. The molecule has 0 aliphatic rings. The normalized spacial score (nSPS) is 11.5. The highest BCUT2D eigenvalue weighted by Gasteiger charge is 2.25. The van der Waals surface area contributed by atoms with E-state index in [1.165, 1.54) is 16.1 Å². The molecule has 0 aliphatic carbocycles. The lowest BCUT2D eigenvalue weighted by atomic mass is 10.2. The molecule has 0 saturated heterocycles. The number of carbonyl (C=O) groups excluding carboxylic acids is 1. The summed E-state index contributed by atoms with van der Waals surface area (Å²) in [7, 11) is -2.32. The van der Waals surface area contributed by atoms with Gasteiger partial charge in [0.2, 0.25) is 5.91 Å². The van der Waals surface area contributed by atoms with E-state index in [1.807, 2.05) is 24.3 Å². The number of carbonyl (C=O) groups is 1.